The van der Waals surface area contributed by atoms with Crippen LogP contribution in [0, 0.1) is 6.92 Å². The van der Waals surface area contributed by atoms with Crippen LogP contribution in [0.3, 0.4) is 0 Å². The first-order chi connectivity index (χ1) is 9.41. The van der Waals surface area contributed by atoms with Crippen LogP contribution < -0.4 is 0 Å². The third-order valence-corrected chi connectivity index (χ3v) is 4.83. The Morgan fingerprint density at radius 3 is 2.20 bits per heavy atom. The predicted molar refractivity (Wildman–Crippen MR) is 84.4 cm³/mol. The van der Waals surface area contributed by atoms with Gasteiger partial charge in [-0.25, -0.2) is 4.98 Å². The maximum absolute atomic E-state index is 6.41. The molecule has 2 rings (SSSR count). The number of halogens is 1. The number of alkyl halides is 1. The van der Waals surface area contributed by atoms with Crippen molar-refractivity contribution >= 4 is 22.8 Å². The van der Waals surface area contributed by atoms with Gasteiger partial charge in [-0.3, -0.25) is 4.68 Å². The summed E-state index contributed by atoms with van der Waals surface area (Å²) in [7, 11) is 1.99. The van der Waals surface area contributed by atoms with Crippen LogP contribution in [0.25, 0.3) is 11.2 Å². The Morgan fingerprint density at radius 2 is 1.75 bits per heavy atom. The van der Waals surface area contributed by atoms with E-state index in [1.165, 1.54) is 0 Å². The number of nitrogens with zero attached hydrogens (tertiary/aromatic N) is 4. The number of imidazole rings is 1. The van der Waals surface area contributed by atoms with E-state index in [0.717, 1.165) is 41.9 Å². The zero-order valence-corrected chi connectivity index (χ0v) is 14.1. The van der Waals surface area contributed by atoms with Crippen molar-refractivity contribution < 1.29 is 0 Å². The van der Waals surface area contributed by atoms with E-state index in [1.807, 2.05) is 25.6 Å². The minimum absolute atomic E-state index is 0.0630. The summed E-state index contributed by atoms with van der Waals surface area (Å²) in [6.07, 6.45) is 3.19. The molecule has 0 bridgehead atoms. The molecule has 112 valence electrons. The molecule has 0 saturated carbocycles. The molecule has 0 aromatic carbocycles. The summed E-state index contributed by atoms with van der Waals surface area (Å²) >= 11 is 6.41. The van der Waals surface area contributed by atoms with E-state index < -0.39 is 0 Å². The first-order valence-corrected chi connectivity index (χ1v) is 7.92. The molecule has 0 radical (unpaired) electrons. The van der Waals surface area contributed by atoms with Crippen LogP contribution in [-0.2, 0) is 12.6 Å². The minimum Gasteiger partial charge on any atom is -0.305 e. The van der Waals surface area contributed by atoms with Crippen LogP contribution in [0.4, 0.5) is 0 Å². The van der Waals surface area contributed by atoms with Gasteiger partial charge < -0.3 is 4.57 Å². The fourth-order valence-corrected chi connectivity index (χ4v) is 3.39. The number of aryl methyl sites for hydroxylation is 2. The third kappa shape index (κ3) is 2.05. The Hall–Kier alpha value is -1.03. The van der Waals surface area contributed by atoms with Gasteiger partial charge in [0.15, 0.2) is 5.65 Å². The molecular weight excluding hydrogens is 272 g/mol. The number of fused-ring (bicyclic) bond motifs is 1. The van der Waals surface area contributed by atoms with Gasteiger partial charge in [0.05, 0.1) is 11.1 Å². The molecule has 2 heterocycles. The molecule has 5 heteroatoms. The van der Waals surface area contributed by atoms with Gasteiger partial charge in [-0.15, -0.1) is 11.6 Å². The molecule has 2 aromatic rings. The van der Waals surface area contributed by atoms with E-state index in [0.29, 0.717) is 0 Å². The molecule has 0 aliphatic carbocycles. The van der Waals surface area contributed by atoms with E-state index in [-0.39, 0.29) is 10.9 Å². The van der Waals surface area contributed by atoms with Gasteiger partial charge in [-0.2, -0.15) is 5.10 Å². The number of hydrogen-bond donors (Lipinski definition) is 0. The normalized spacial score (nSPS) is 14.2. The van der Waals surface area contributed by atoms with Crippen LogP contribution in [0.1, 0.15) is 63.9 Å². The fraction of sp³-hybridized carbons (Fsp3) is 0.733. The van der Waals surface area contributed by atoms with Crippen molar-refractivity contribution in [1.29, 1.82) is 0 Å². The lowest BCUT2D eigenvalue weighted by molar-refractivity contribution is 0.247. The van der Waals surface area contributed by atoms with Gasteiger partial charge in [-0.1, -0.05) is 20.8 Å². The van der Waals surface area contributed by atoms with Crippen molar-refractivity contribution in [3.05, 3.63) is 11.5 Å². The quantitative estimate of drug-likeness (QED) is 0.771. The van der Waals surface area contributed by atoms with E-state index >= 15 is 0 Å². The number of hydrogen-bond acceptors (Lipinski definition) is 2. The van der Waals surface area contributed by atoms with Crippen molar-refractivity contribution in [2.45, 2.75) is 64.8 Å². The number of rotatable bonds is 5. The molecule has 1 unspecified atom stereocenters. The highest BCUT2D eigenvalue weighted by Crippen LogP contribution is 2.37. The molecule has 0 fully saturated rings. The van der Waals surface area contributed by atoms with Crippen molar-refractivity contribution in [2.24, 2.45) is 7.05 Å². The summed E-state index contributed by atoms with van der Waals surface area (Å²) in [6, 6.07) is 0. The molecule has 0 spiro atoms. The molecule has 0 N–H and O–H groups in total. The van der Waals surface area contributed by atoms with Crippen LogP contribution >= 0.6 is 11.6 Å². The van der Waals surface area contributed by atoms with E-state index in [2.05, 4.69) is 30.4 Å². The molecular formula is C15H25ClN4. The van der Waals surface area contributed by atoms with E-state index in [4.69, 9.17) is 16.6 Å². The number of aromatic nitrogens is 4. The molecule has 0 amide bonds. The summed E-state index contributed by atoms with van der Waals surface area (Å²) < 4.78 is 4.29. The van der Waals surface area contributed by atoms with Crippen LogP contribution in [0.15, 0.2) is 0 Å². The Bertz CT molecular complexity index is 597. The van der Waals surface area contributed by atoms with Gasteiger partial charge in [-0.05, 0) is 33.1 Å². The Balaban J connectivity index is 2.87. The molecule has 2 aromatic heterocycles. The van der Waals surface area contributed by atoms with Crippen LogP contribution in [0.2, 0.25) is 0 Å². The van der Waals surface area contributed by atoms with Gasteiger partial charge in [0.25, 0.3) is 0 Å². The van der Waals surface area contributed by atoms with E-state index in [9.17, 15) is 0 Å². The lowest BCUT2D eigenvalue weighted by atomic mass is 9.89. The van der Waals surface area contributed by atoms with E-state index in [1.54, 1.807) is 0 Å². The summed E-state index contributed by atoms with van der Waals surface area (Å²) in [6.45, 7) is 10.7. The summed E-state index contributed by atoms with van der Waals surface area (Å²) in [5.41, 5.74) is 3.11. The standard InChI is InChI=1S/C15H25ClN4/c1-7-15(8-2,9-3)20-13(10(4)16)17-12-11(5)18-19(6)14(12)20/h10H,7-9H2,1-6H3. The van der Waals surface area contributed by atoms with Crippen LogP contribution in [-0.4, -0.2) is 19.3 Å². The Morgan fingerprint density at radius 1 is 1.20 bits per heavy atom. The average molecular weight is 297 g/mol. The van der Waals surface area contributed by atoms with Crippen molar-refractivity contribution in [1.82, 2.24) is 19.3 Å². The second kappa shape index (κ2) is 5.40. The smallest absolute Gasteiger partial charge is 0.159 e. The maximum atomic E-state index is 6.41. The van der Waals surface area contributed by atoms with Gasteiger partial charge in [0.2, 0.25) is 0 Å². The van der Waals surface area contributed by atoms with Crippen molar-refractivity contribution in [3.8, 4) is 0 Å². The van der Waals surface area contributed by atoms with Gasteiger partial charge in [0, 0.05) is 12.6 Å². The van der Waals surface area contributed by atoms with Crippen LogP contribution in [0.5, 0.6) is 0 Å². The maximum Gasteiger partial charge on any atom is 0.159 e. The second-order valence-electron chi connectivity index (χ2n) is 5.59. The molecule has 0 aliphatic heterocycles. The van der Waals surface area contributed by atoms with Gasteiger partial charge in [0.1, 0.15) is 11.3 Å². The first kappa shape index (κ1) is 15.4. The highest BCUT2D eigenvalue weighted by Gasteiger charge is 2.33. The highest BCUT2D eigenvalue weighted by atomic mass is 35.5. The molecule has 0 saturated heterocycles. The summed E-state index contributed by atoms with van der Waals surface area (Å²) in [4.78, 5) is 4.79. The third-order valence-electron chi connectivity index (χ3n) is 4.63. The zero-order chi connectivity index (χ0) is 15.1. The Kier molecular flexibility index (Phi) is 4.14. The minimum atomic E-state index is -0.106. The zero-order valence-electron chi connectivity index (χ0n) is 13.4. The van der Waals surface area contributed by atoms with Gasteiger partial charge >= 0.3 is 0 Å². The largest absolute Gasteiger partial charge is 0.305 e. The molecule has 20 heavy (non-hydrogen) atoms. The Labute approximate surface area is 126 Å². The highest BCUT2D eigenvalue weighted by molar-refractivity contribution is 6.20. The second-order valence-corrected chi connectivity index (χ2v) is 6.24. The average Bonchev–Trinajstić information content (AvgIpc) is 2.93. The molecule has 4 nitrogen and oxygen atoms in total. The summed E-state index contributed by atoms with van der Waals surface area (Å²) in [5.74, 6) is 0.961. The van der Waals surface area contributed by atoms with Crippen molar-refractivity contribution in [3.63, 3.8) is 0 Å². The molecule has 1 atom stereocenters. The lowest BCUT2D eigenvalue weighted by Gasteiger charge is -2.35. The SMILES string of the molecule is CCC(CC)(CC)n1c(C(C)Cl)nc2c(C)nn(C)c21. The fourth-order valence-electron chi connectivity index (χ4n) is 3.25. The molecule has 0 aliphatic rings. The van der Waals surface area contributed by atoms with Crippen molar-refractivity contribution in [2.75, 3.05) is 0 Å². The monoisotopic (exact) mass is 296 g/mol. The first-order valence-electron chi connectivity index (χ1n) is 7.48. The topological polar surface area (TPSA) is 35.6 Å². The summed E-state index contributed by atoms with van der Waals surface area (Å²) in [5, 5.41) is 4.41. The predicted octanol–water partition coefficient (Wildman–Crippen LogP) is 4.30. The lowest BCUT2D eigenvalue weighted by Crippen LogP contribution is -2.34.